The predicted molar refractivity (Wildman–Crippen MR) is 73.1 cm³/mol. The fourth-order valence-corrected chi connectivity index (χ4v) is 3.78. The molecule has 0 aromatic heterocycles. The third kappa shape index (κ3) is 2.69. The van der Waals surface area contributed by atoms with E-state index in [2.05, 4.69) is 0 Å². The van der Waals surface area contributed by atoms with Crippen LogP contribution in [0.2, 0.25) is 0 Å². The van der Waals surface area contributed by atoms with Crippen LogP contribution in [0.1, 0.15) is 17.2 Å². The zero-order valence-corrected chi connectivity index (χ0v) is 11.1. The molecule has 0 saturated carbocycles. The lowest BCUT2D eigenvalue weighted by Crippen LogP contribution is -2.11. The molecule has 2 aromatic carbocycles. The van der Waals surface area contributed by atoms with Gasteiger partial charge in [0.1, 0.15) is 6.10 Å². The van der Waals surface area contributed by atoms with Gasteiger partial charge < -0.3 is 4.74 Å². The maximum atomic E-state index is 12.2. The molecule has 1 aliphatic heterocycles. The molecule has 98 valence electrons. The summed E-state index contributed by atoms with van der Waals surface area (Å²) in [6.07, 6.45) is -0.310. The van der Waals surface area contributed by atoms with Gasteiger partial charge in [-0.15, -0.1) is 0 Å². The summed E-state index contributed by atoms with van der Waals surface area (Å²) < 4.78 is 29.8. The van der Waals surface area contributed by atoms with Crippen molar-refractivity contribution in [3.63, 3.8) is 0 Å². The molecule has 2 atom stereocenters. The zero-order valence-electron chi connectivity index (χ0n) is 10.3. The van der Waals surface area contributed by atoms with Crippen LogP contribution in [0.25, 0.3) is 0 Å². The van der Waals surface area contributed by atoms with E-state index in [0.29, 0.717) is 0 Å². The highest BCUT2D eigenvalue weighted by atomic mass is 32.2. The molecule has 0 radical (unpaired) electrons. The van der Waals surface area contributed by atoms with Crippen molar-refractivity contribution >= 4 is 9.84 Å². The molecule has 0 amide bonds. The minimum atomic E-state index is -3.26. The summed E-state index contributed by atoms with van der Waals surface area (Å²) in [6.45, 7) is 0. The number of hydrogen-bond donors (Lipinski definition) is 0. The quantitative estimate of drug-likeness (QED) is 0.805. The molecular formula is C15H14O3S. The molecule has 1 heterocycles. The molecule has 4 heteroatoms. The largest absolute Gasteiger partial charge is 0.347 e. The summed E-state index contributed by atoms with van der Waals surface area (Å²) in [5, 5.41) is 0. The van der Waals surface area contributed by atoms with Crippen molar-refractivity contribution in [2.45, 2.75) is 17.3 Å². The fraction of sp³-hybridized carbons (Fsp3) is 0.200. The smallest absolute Gasteiger partial charge is 0.190 e. The van der Waals surface area contributed by atoms with Crippen molar-refractivity contribution in [2.75, 3.05) is 0 Å². The van der Waals surface area contributed by atoms with Crippen LogP contribution in [0.5, 0.6) is 0 Å². The molecule has 0 aliphatic carbocycles. The third-order valence-corrected chi connectivity index (χ3v) is 4.95. The van der Waals surface area contributed by atoms with Gasteiger partial charge >= 0.3 is 0 Å². The molecule has 1 saturated heterocycles. The van der Waals surface area contributed by atoms with E-state index in [4.69, 9.17) is 4.74 Å². The lowest BCUT2D eigenvalue weighted by atomic mass is 10.2. The van der Waals surface area contributed by atoms with Crippen molar-refractivity contribution in [3.05, 3.63) is 71.8 Å². The molecule has 0 spiro atoms. The monoisotopic (exact) mass is 274 g/mol. The van der Waals surface area contributed by atoms with Gasteiger partial charge in [-0.2, -0.15) is 0 Å². The molecule has 2 aromatic rings. The highest BCUT2D eigenvalue weighted by Gasteiger charge is 2.49. The number of sulfone groups is 1. The fourth-order valence-electron chi connectivity index (χ4n) is 2.14. The summed E-state index contributed by atoms with van der Waals surface area (Å²) >= 11 is 0. The van der Waals surface area contributed by atoms with Crippen LogP contribution in [0.15, 0.2) is 60.7 Å². The molecule has 3 nitrogen and oxygen atoms in total. The minimum absolute atomic E-state index is 0.0296. The van der Waals surface area contributed by atoms with Gasteiger partial charge in [-0.05, 0) is 11.1 Å². The van der Waals surface area contributed by atoms with Crippen molar-refractivity contribution in [1.29, 1.82) is 0 Å². The normalized spacial score (nSPS) is 22.1. The van der Waals surface area contributed by atoms with Crippen molar-refractivity contribution < 1.29 is 13.2 Å². The summed E-state index contributed by atoms with van der Waals surface area (Å²) in [7, 11) is -3.26. The Morgan fingerprint density at radius 1 is 0.895 bits per heavy atom. The first-order valence-corrected chi connectivity index (χ1v) is 7.84. The average Bonchev–Trinajstić information content (AvgIpc) is 3.21. The summed E-state index contributed by atoms with van der Waals surface area (Å²) in [6, 6.07) is 18.6. The SMILES string of the molecule is O=S(=O)(Cc1ccccc1)C1OC1c1ccccc1. The van der Waals surface area contributed by atoms with Gasteiger partial charge in [0.05, 0.1) is 5.75 Å². The van der Waals surface area contributed by atoms with Crippen molar-refractivity contribution in [1.82, 2.24) is 0 Å². The number of ether oxygens (including phenoxy) is 1. The first-order chi connectivity index (χ1) is 9.17. The predicted octanol–water partition coefficient (Wildman–Crippen LogP) is 2.70. The zero-order chi connectivity index (χ0) is 13.3. The second-order valence-corrected chi connectivity index (χ2v) is 6.71. The molecule has 0 bridgehead atoms. The molecule has 3 rings (SSSR count). The van der Waals surface area contributed by atoms with Gasteiger partial charge in [-0.25, -0.2) is 8.42 Å². The molecule has 0 N–H and O–H groups in total. The topological polar surface area (TPSA) is 46.7 Å². The Labute approximate surface area is 112 Å². The lowest BCUT2D eigenvalue weighted by Gasteiger charge is -2.01. The van der Waals surface area contributed by atoms with Crippen LogP contribution in [0.3, 0.4) is 0 Å². The van der Waals surface area contributed by atoms with E-state index in [-0.39, 0.29) is 11.9 Å². The maximum absolute atomic E-state index is 12.2. The number of rotatable bonds is 4. The minimum Gasteiger partial charge on any atom is -0.347 e. The van der Waals surface area contributed by atoms with Crippen LogP contribution in [0.4, 0.5) is 0 Å². The summed E-state index contributed by atoms with van der Waals surface area (Å²) in [4.78, 5) is 0. The average molecular weight is 274 g/mol. The Kier molecular flexibility index (Phi) is 3.12. The molecule has 1 fully saturated rings. The van der Waals surface area contributed by atoms with E-state index < -0.39 is 15.3 Å². The van der Waals surface area contributed by atoms with Crippen LogP contribution in [-0.2, 0) is 20.3 Å². The second kappa shape index (κ2) is 4.79. The van der Waals surface area contributed by atoms with Crippen molar-refractivity contribution in [2.24, 2.45) is 0 Å². The van der Waals surface area contributed by atoms with Gasteiger partial charge in [0, 0.05) is 0 Å². The van der Waals surface area contributed by atoms with E-state index in [1.54, 1.807) is 0 Å². The first-order valence-electron chi connectivity index (χ1n) is 6.13. The van der Waals surface area contributed by atoms with E-state index in [9.17, 15) is 8.42 Å². The number of benzene rings is 2. The van der Waals surface area contributed by atoms with Gasteiger partial charge in [-0.3, -0.25) is 0 Å². The van der Waals surface area contributed by atoms with Crippen molar-refractivity contribution in [3.8, 4) is 0 Å². The molecule has 19 heavy (non-hydrogen) atoms. The Morgan fingerprint density at radius 2 is 1.47 bits per heavy atom. The summed E-state index contributed by atoms with van der Waals surface area (Å²) in [5.74, 6) is 0.0296. The molecule has 1 aliphatic rings. The summed E-state index contributed by atoms with van der Waals surface area (Å²) in [5.41, 5.74) is 1.02. The Bertz CT molecular complexity index is 650. The van der Waals surface area contributed by atoms with E-state index >= 15 is 0 Å². The van der Waals surface area contributed by atoms with Crippen LogP contribution in [0, 0.1) is 0 Å². The van der Waals surface area contributed by atoms with E-state index in [1.165, 1.54) is 0 Å². The van der Waals surface area contributed by atoms with Gasteiger partial charge in [-0.1, -0.05) is 60.7 Å². The van der Waals surface area contributed by atoms with E-state index in [1.807, 2.05) is 60.7 Å². The first kappa shape index (κ1) is 12.4. The van der Waals surface area contributed by atoms with Gasteiger partial charge in [0.15, 0.2) is 15.3 Å². The van der Waals surface area contributed by atoms with Gasteiger partial charge in [0.2, 0.25) is 0 Å². The Balaban J connectivity index is 1.74. The second-order valence-electron chi connectivity index (χ2n) is 4.63. The third-order valence-electron chi connectivity index (χ3n) is 3.14. The molecule has 2 unspecified atom stereocenters. The van der Waals surface area contributed by atoms with Crippen LogP contribution >= 0.6 is 0 Å². The standard InChI is InChI=1S/C15H14O3S/c16-19(17,11-12-7-3-1-4-8-12)15-14(18-15)13-9-5-2-6-10-13/h1-10,14-15H,11H2. The van der Waals surface area contributed by atoms with Crippen LogP contribution < -0.4 is 0 Å². The van der Waals surface area contributed by atoms with Crippen LogP contribution in [-0.4, -0.2) is 13.9 Å². The maximum Gasteiger partial charge on any atom is 0.190 e. The number of epoxide rings is 1. The molecular weight excluding hydrogens is 260 g/mol. The highest BCUT2D eigenvalue weighted by molar-refractivity contribution is 7.91. The van der Waals surface area contributed by atoms with E-state index in [0.717, 1.165) is 11.1 Å². The lowest BCUT2D eigenvalue weighted by molar-refractivity contribution is 0.399. The number of hydrogen-bond acceptors (Lipinski definition) is 3. The van der Waals surface area contributed by atoms with Gasteiger partial charge in [0.25, 0.3) is 0 Å². The Morgan fingerprint density at radius 3 is 2.11 bits per heavy atom. The highest BCUT2D eigenvalue weighted by Crippen LogP contribution is 2.43. The Hall–Kier alpha value is -1.65.